The van der Waals surface area contributed by atoms with Crippen molar-refractivity contribution in [1.82, 2.24) is 0 Å². The van der Waals surface area contributed by atoms with Crippen LogP contribution < -0.4 is 4.74 Å². The van der Waals surface area contributed by atoms with Gasteiger partial charge < -0.3 is 9.84 Å². The molecule has 0 heterocycles. The van der Waals surface area contributed by atoms with E-state index in [-0.39, 0.29) is 5.02 Å². The number of hydrogen-bond acceptors (Lipinski definition) is 2. The third kappa shape index (κ3) is 3.83. The van der Waals surface area contributed by atoms with Gasteiger partial charge in [0.2, 0.25) is 0 Å². The Morgan fingerprint density at radius 3 is 2.50 bits per heavy atom. The van der Waals surface area contributed by atoms with E-state index in [1.807, 2.05) is 0 Å². The zero-order valence-electron chi connectivity index (χ0n) is 10.2. The van der Waals surface area contributed by atoms with E-state index in [4.69, 9.17) is 21.4 Å². The molecule has 0 aliphatic rings. The van der Waals surface area contributed by atoms with Gasteiger partial charge >= 0.3 is 5.97 Å². The lowest BCUT2D eigenvalue weighted by Crippen LogP contribution is -1.87. The molecule has 0 aromatic heterocycles. The van der Waals surface area contributed by atoms with E-state index in [1.165, 1.54) is 24.3 Å². The Bertz CT molecular complexity index is 651. The lowest BCUT2D eigenvalue weighted by atomic mass is 10.2. The molecule has 20 heavy (non-hydrogen) atoms. The fraction of sp³-hybridized carbons (Fsp3) is 0. The number of ether oxygens (including phenoxy) is 1. The third-order valence-corrected chi connectivity index (χ3v) is 2.72. The topological polar surface area (TPSA) is 46.5 Å². The zero-order valence-corrected chi connectivity index (χ0v) is 11.0. The maximum atomic E-state index is 12.9. The summed E-state index contributed by atoms with van der Waals surface area (Å²) in [6.45, 7) is 0. The second-order valence-corrected chi connectivity index (χ2v) is 4.32. The lowest BCUT2D eigenvalue weighted by Gasteiger charge is -2.07. The van der Waals surface area contributed by atoms with Gasteiger partial charge in [-0.05, 0) is 42.0 Å². The van der Waals surface area contributed by atoms with Gasteiger partial charge in [-0.15, -0.1) is 0 Å². The fourth-order valence-electron chi connectivity index (χ4n) is 1.50. The van der Waals surface area contributed by atoms with E-state index in [0.29, 0.717) is 11.5 Å². The molecule has 0 fully saturated rings. The number of halogens is 2. The predicted octanol–water partition coefficient (Wildman–Crippen LogP) is 4.37. The number of benzene rings is 2. The molecule has 2 rings (SSSR count). The molecule has 0 amide bonds. The zero-order chi connectivity index (χ0) is 14.5. The van der Waals surface area contributed by atoms with Crippen molar-refractivity contribution >= 4 is 23.6 Å². The quantitative estimate of drug-likeness (QED) is 0.851. The summed E-state index contributed by atoms with van der Waals surface area (Å²) in [4.78, 5) is 10.4. The van der Waals surface area contributed by atoms with Gasteiger partial charge in [0.05, 0.1) is 5.02 Å². The smallest absolute Gasteiger partial charge is 0.328 e. The van der Waals surface area contributed by atoms with Crippen LogP contribution in [0.2, 0.25) is 5.02 Å². The highest BCUT2D eigenvalue weighted by Crippen LogP contribution is 2.29. The molecule has 0 aliphatic carbocycles. The van der Waals surface area contributed by atoms with Gasteiger partial charge in [0.15, 0.2) is 0 Å². The van der Waals surface area contributed by atoms with Crippen LogP contribution in [0.15, 0.2) is 48.5 Å². The van der Waals surface area contributed by atoms with Crippen LogP contribution in [0.25, 0.3) is 6.08 Å². The Morgan fingerprint density at radius 2 is 1.90 bits per heavy atom. The molecule has 0 spiro atoms. The molecule has 0 radical (unpaired) electrons. The minimum Gasteiger partial charge on any atom is -0.478 e. The molecule has 2 aromatic carbocycles. The minimum absolute atomic E-state index is 0.180. The highest BCUT2D eigenvalue weighted by atomic mass is 35.5. The summed E-state index contributed by atoms with van der Waals surface area (Å²) in [5.41, 5.74) is 0.727. The van der Waals surface area contributed by atoms with Crippen LogP contribution >= 0.6 is 11.6 Å². The molecule has 2 aromatic rings. The van der Waals surface area contributed by atoms with Crippen molar-refractivity contribution in [3.63, 3.8) is 0 Å². The summed E-state index contributed by atoms with van der Waals surface area (Å²) in [6, 6.07) is 10.6. The number of carboxylic acid groups (broad SMARTS) is 1. The monoisotopic (exact) mass is 292 g/mol. The number of hydrogen-bond donors (Lipinski definition) is 1. The summed E-state index contributed by atoms with van der Waals surface area (Å²) in [6.07, 6.45) is 2.52. The first-order valence-electron chi connectivity index (χ1n) is 5.68. The van der Waals surface area contributed by atoms with E-state index in [2.05, 4.69) is 0 Å². The third-order valence-electron chi connectivity index (χ3n) is 2.42. The lowest BCUT2D eigenvalue weighted by molar-refractivity contribution is -0.131. The van der Waals surface area contributed by atoms with E-state index in [0.717, 1.165) is 11.6 Å². The molecule has 102 valence electrons. The van der Waals surface area contributed by atoms with Crippen LogP contribution in [-0.4, -0.2) is 11.1 Å². The van der Waals surface area contributed by atoms with Crippen LogP contribution in [-0.2, 0) is 4.79 Å². The van der Waals surface area contributed by atoms with E-state index >= 15 is 0 Å². The Balaban J connectivity index is 2.12. The van der Waals surface area contributed by atoms with Crippen molar-refractivity contribution in [3.05, 3.63) is 64.9 Å². The molecule has 0 bridgehead atoms. The van der Waals surface area contributed by atoms with Gasteiger partial charge in [-0.25, -0.2) is 9.18 Å². The van der Waals surface area contributed by atoms with Gasteiger partial charge in [0.1, 0.15) is 17.3 Å². The first-order valence-corrected chi connectivity index (χ1v) is 6.06. The predicted molar refractivity (Wildman–Crippen MR) is 74.6 cm³/mol. The van der Waals surface area contributed by atoms with Crippen LogP contribution in [0, 0.1) is 5.82 Å². The van der Waals surface area contributed by atoms with Crippen molar-refractivity contribution in [2.75, 3.05) is 0 Å². The average Bonchev–Trinajstić information content (AvgIpc) is 2.41. The molecule has 0 aliphatic heterocycles. The Labute approximate surface area is 119 Å². The standard InChI is InChI=1S/C15H10ClFO3/c16-13-9-11(17)4-7-14(13)20-12-5-1-10(2-6-12)3-8-15(18)19/h1-9H,(H,18,19)/b8-3+. The van der Waals surface area contributed by atoms with Crippen LogP contribution in [0.3, 0.4) is 0 Å². The highest BCUT2D eigenvalue weighted by molar-refractivity contribution is 6.32. The number of carboxylic acids is 1. The summed E-state index contributed by atoms with van der Waals surface area (Å²) >= 11 is 5.85. The Morgan fingerprint density at radius 1 is 1.20 bits per heavy atom. The first-order chi connectivity index (χ1) is 9.54. The van der Waals surface area contributed by atoms with Crippen LogP contribution in [0.4, 0.5) is 4.39 Å². The van der Waals surface area contributed by atoms with E-state index in [9.17, 15) is 9.18 Å². The van der Waals surface area contributed by atoms with Crippen molar-refractivity contribution < 1.29 is 19.0 Å². The van der Waals surface area contributed by atoms with Gasteiger partial charge in [0.25, 0.3) is 0 Å². The van der Waals surface area contributed by atoms with Gasteiger partial charge in [-0.2, -0.15) is 0 Å². The van der Waals surface area contributed by atoms with Gasteiger partial charge in [0, 0.05) is 6.08 Å². The van der Waals surface area contributed by atoms with E-state index in [1.54, 1.807) is 24.3 Å². The second-order valence-electron chi connectivity index (χ2n) is 3.92. The maximum Gasteiger partial charge on any atom is 0.328 e. The Kier molecular flexibility index (Phi) is 4.38. The molecule has 0 saturated carbocycles. The summed E-state index contributed by atoms with van der Waals surface area (Å²) in [5.74, 6) is -0.576. The molecular formula is C15H10ClFO3. The van der Waals surface area contributed by atoms with Gasteiger partial charge in [-0.3, -0.25) is 0 Å². The summed E-state index contributed by atoms with van der Waals surface area (Å²) < 4.78 is 18.4. The van der Waals surface area contributed by atoms with Gasteiger partial charge in [-0.1, -0.05) is 23.7 Å². The minimum atomic E-state index is -1.01. The number of rotatable bonds is 4. The summed E-state index contributed by atoms with van der Waals surface area (Å²) in [5, 5.41) is 8.70. The molecule has 3 nitrogen and oxygen atoms in total. The largest absolute Gasteiger partial charge is 0.478 e. The van der Waals surface area contributed by atoms with Crippen molar-refractivity contribution in [2.45, 2.75) is 0 Å². The highest BCUT2D eigenvalue weighted by Gasteiger charge is 2.04. The molecule has 1 N–H and O–H groups in total. The van der Waals surface area contributed by atoms with E-state index < -0.39 is 11.8 Å². The molecule has 5 heteroatoms. The summed E-state index contributed by atoms with van der Waals surface area (Å²) in [7, 11) is 0. The molecular weight excluding hydrogens is 283 g/mol. The van der Waals surface area contributed by atoms with Crippen molar-refractivity contribution in [2.24, 2.45) is 0 Å². The molecule has 0 saturated heterocycles. The van der Waals surface area contributed by atoms with Crippen molar-refractivity contribution in [3.8, 4) is 11.5 Å². The van der Waals surface area contributed by atoms with Crippen LogP contribution in [0.1, 0.15) is 5.56 Å². The van der Waals surface area contributed by atoms with Crippen molar-refractivity contribution in [1.29, 1.82) is 0 Å². The normalized spacial score (nSPS) is 10.7. The van der Waals surface area contributed by atoms with Crippen LogP contribution in [0.5, 0.6) is 11.5 Å². The second kappa shape index (κ2) is 6.21. The molecule has 0 atom stereocenters. The first kappa shape index (κ1) is 14.1. The SMILES string of the molecule is O=C(O)/C=C/c1ccc(Oc2ccc(F)cc2Cl)cc1. The Hall–Kier alpha value is -2.33. The molecule has 0 unspecified atom stereocenters. The average molecular weight is 293 g/mol. The number of aliphatic carboxylic acids is 1. The number of carbonyl (C=O) groups is 1. The fourth-order valence-corrected chi connectivity index (χ4v) is 1.71. The maximum absolute atomic E-state index is 12.9.